The molecule has 3 atom stereocenters. The van der Waals surface area contributed by atoms with Gasteiger partial charge in [0.05, 0.1) is 23.3 Å². The summed E-state index contributed by atoms with van der Waals surface area (Å²) in [5.41, 5.74) is 1.60. The molecule has 0 radical (unpaired) electrons. The fraction of sp³-hybridized carbons (Fsp3) is 0.522. The number of halogens is 1. The molecule has 7 heteroatoms. The highest BCUT2D eigenvalue weighted by Crippen LogP contribution is 2.61. The third kappa shape index (κ3) is 3.04. The summed E-state index contributed by atoms with van der Waals surface area (Å²) < 4.78 is 1.43. The Hall–Kier alpha value is -2.34. The van der Waals surface area contributed by atoms with E-state index < -0.39 is 23.0 Å². The normalized spacial score (nSPS) is 31.7. The molecule has 1 aromatic carbocycles. The number of rotatable bonds is 5. The van der Waals surface area contributed by atoms with Gasteiger partial charge in [-0.3, -0.25) is 9.59 Å². The molecule has 2 aromatic rings. The molecule has 4 fully saturated rings. The van der Waals surface area contributed by atoms with E-state index in [-0.39, 0.29) is 10.9 Å². The molecule has 4 aliphatic carbocycles. The summed E-state index contributed by atoms with van der Waals surface area (Å²) in [6.07, 6.45) is 6.03. The topological polar surface area (TPSA) is 84.2 Å². The smallest absolute Gasteiger partial charge is 0.309 e. The van der Waals surface area contributed by atoms with Gasteiger partial charge < -0.3 is 10.4 Å². The summed E-state index contributed by atoms with van der Waals surface area (Å²) in [5.74, 6) is -0.307. The van der Waals surface area contributed by atoms with Crippen LogP contribution in [0.2, 0.25) is 5.02 Å². The van der Waals surface area contributed by atoms with Crippen molar-refractivity contribution in [1.29, 1.82) is 0 Å². The van der Waals surface area contributed by atoms with E-state index in [1.807, 2.05) is 31.2 Å². The van der Waals surface area contributed by atoms with E-state index >= 15 is 0 Å². The van der Waals surface area contributed by atoms with Gasteiger partial charge >= 0.3 is 5.97 Å². The van der Waals surface area contributed by atoms with Gasteiger partial charge in [-0.05, 0) is 62.3 Å². The Bertz CT molecular complexity index is 1030. The summed E-state index contributed by atoms with van der Waals surface area (Å²) in [4.78, 5) is 25.5. The first kappa shape index (κ1) is 19.6. The monoisotopic (exact) mass is 427 g/mol. The molecule has 0 saturated heterocycles. The number of aliphatic carboxylic acids is 1. The predicted octanol–water partition coefficient (Wildman–Crippen LogP) is 4.05. The van der Waals surface area contributed by atoms with Gasteiger partial charge in [0.2, 0.25) is 0 Å². The molecule has 6 nitrogen and oxygen atoms in total. The minimum absolute atomic E-state index is 0.0806. The molecule has 0 spiro atoms. The third-order valence-corrected chi connectivity index (χ3v) is 7.85. The van der Waals surface area contributed by atoms with Gasteiger partial charge in [-0.15, -0.1) is 0 Å². The van der Waals surface area contributed by atoms with Crippen LogP contribution in [0.15, 0.2) is 35.3 Å². The lowest BCUT2D eigenvalue weighted by Crippen LogP contribution is -2.63. The Kier molecular flexibility index (Phi) is 4.65. The van der Waals surface area contributed by atoms with Crippen molar-refractivity contribution in [1.82, 2.24) is 9.78 Å². The van der Waals surface area contributed by atoms with Crippen molar-refractivity contribution in [3.05, 3.63) is 57.0 Å². The van der Waals surface area contributed by atoms with Crippen LogP contribution in [0.1, 0.15) is 43.2 Å². The Labute approximate surface area is 180 Å². The molecule has 158 valence electrons. The number of carboxylic acids is 1. The largest absolute Gasteiger partial charge is 0.481 e. The zero-order valence-corrected chi connectivity index (χ0v) is 17.7. The zero-order chi connectivity index (χ0) is 21.0. The van der Waals surface area contributed by atoms with Crippen molar-refractivity contribution in [3.8, 4) is 0 Å². The summed E-state index contributed by atoms with van der Waals surface area (Å²) in [6.45, 7) is 2.56. The van der Waals surface area contributed by atoms with Crippen LogP contribution in [-0.2, 0) is 16.9 Å². The first-order valence-corrected chi connectivity index (χ1v) is 11.1. The Morgan fingerprint density at radius 2 is 1.90 bits per heavy atom. The number of carbonyl (C=O) groups is 1. The number of nitrogens with zero attached hydrogens (tertiary/aromatic N) is 2. The van der Waals surface area contributed by atoms with E-state index in [9.17, 15) is 14.7 Å². The Morgan fingerprint density at radius 3 is 2.53 bits per heavy atom. The molecule has 4 saturated carbocycles. The SMILES string of the molecule is Cc1ccc(CNc2cnn(C34C[C@@H]5CC(C[C@H](C5)C3)[C@@H]4C(=O)O)c(=O)c2Cl)cc1. The summed E-state index contributed by atoms with van der Waals surface area (Å²) in [6, 6.07) is 8.12. The number of hydrogen-bond donors (Lipinski definition) is 2. The van der Waals surface area contributed by atoms with Gasteiger partial charge in [0, 0.05) is 6.54 Å². The van der Waals surface area contributed by atoms with Gasteiger partial charge in [-0.1, -0.05) is 41.4 Å². The highest BCUT2D eigenvalue weighted by atomic mass is 35.5. The molecule has 2 N–H and O–H groups in total. The summed E-state index contributed by atoms with van der Waals surface area (Å²) in [7, 11) is 0. The molecular formula is C23H26ClN3O3. The molecule has 0 unspecified atom stereocenters. The minimum Gasteiger partial charge on any atom is -0.481 e. The highest BCUT2D eigenvalue weighted by molar-refractivity contribution is 6.32. The predicted molar refractivity (Wildman–Crippen MR) is 115 cm³/mol. The molecule has 1 aromatic heterocycles. The van der Waals surface area contributed by atoms with Gasteiger partial charge in [0.25, 0.3) is 5.56 Å². The highest BCUT2D eigenvalue weighted by Gasteiger charge is 2.61. The molecule has 4 aliphatic rings. The van der Waals surface area contributed by atoms with Crippen LogP contribution < -0.4 is 10.9 Å². The molecule has 6 rings (SSSR count). The van der Waals surface area contributed by atoms with Crippen LogP contribution >= 0.6 is 11.6 Å². The van der Waals surface area contributed by atoms with Crippen molar-refractivity contribution in [2.45, 2.75) is 51.1 Å². The molecule has 0 aliphatic heterocycles. The maximum absolute atomic E-state index is 13.3. The first-order valence-electron chi connectivity index (χ1n) is 10.7. The molecular weight excluding hydrogens is 402 g/mol. The number of anilines is 1. The lowest BCUT2D eigenvalue weighted by Gasteiger charge is -2.59. The molecule has 30 heavy (non-hydrogen) atoms. The van der Waals surface area contributed by atoms with Crippen LogP contribution in [0.3, 0.4) is 0 Å². The van der Waals surface area contributed by atoms with Crippen molar-refractivity contribution in [2.24, 2.45) is 23.7 Å². The maximum Gasteiger partial charge on any atom is 0.309 e. The average Bonchev–Trinajstić information content (AvgIpc) is 2.69. The number of nitrogens with one attached hydrogen (secondary N) is 1. The first-order chi connectivity index (χ1) is 14.4. The molecule has 0 amide bonds. The number of aryl methyl sites for hydroxylation is 1. The van der Waals surface area contributed by atoms with Gasteiger partial charge in [0.1, 0.15) is 5.02 Å². The second-order valence-corrected chi connectivity index (χ2v) is 9.83. The number of aromatic nitrogens is 2. The fourth-order valence-corrected chi connectivity index (χ4v) is 6.71. The fourth-order valence-electron chi connectivity index (χ4n) is 6.51. The van der Waals surface area contributed by atoms with E-state index in [4.69, 9.17) is 11.6 Å². The van der Waals surface area contributed by atoms with E-state index in [2.05, 4.69) is 10.4 Å². The second kappa shape index (κ2) is 7.12. The van der Waals surface area contributed by atoms with Crippen molar-refractivity contribution < 1.29 is 9.90 Å². The van der Waals surface area contributed by atoms with Gasteiger partial charge in [0.15, 0.2) is 0 Å². The van der Waals surface area contributed by atoms with E-state index in [1.165, 1.54) is 10.2 Å². The van der Waals surface area contributed by atoms with E-state index in [1.54, 1.807) is 6.20 Å². The third-order valence-electron chi connectivity index (χ3n) is 7.48. The van der Waals surface area contributed by atoms with Crippen LogP contribution in [0.4, 0.5) is 5.69 Å². The maximum atomic E-state index is 13.3. The van der Waals surface area contributed by atoms with Crippen LogP contribution in [0.25, 0.3) is 0 Å². The van der Waals surface area contributed by atoms with Crippen molar-refractivity contribution in [3.63, 3.8) is 0 Å². The van der Waals surface area contributed by atoms with Gasteiger partial charge in [-0.2, -0.15) is 5.10 Å². The Balaban J connectivity index is 1.47. The molecule has 4 bridgehead atoms. The lowest BCUT2D eigenvalue weighted by molar-refractivity contribution is -0.168. The standard InChI is InChI=1S/C23H26ClN3O3/c1-13-2-4-14(5-3-13)11-25-18-12-26-27(21(28)20(18)24)23-9-15-6-16(10-23)8-17(7-15)19(23)22(29)30/h2-5,12,15-17,19,25H,6-11H2,1H3,(H,29,30)/t15-,16-,17?,19+,23?/m0/s1. The summed E-state index contributed by atoms with van der Waals surface area (Å²) in [5, 5.41) is 17.8. The minimum atomic E-state index is -0.815. The lowest BCUT2D eigenvalue weighted by atomic mass is 9.48. The van der Waals surface area contributed by atoms with E-state index in [0.717, 1.165) is 24.8 Å². The van der Waals surface area contributed by atoms with Crippen molar-refractivity contribution in [2.75, 3.05) is 5.32 Å². The quantitative estimate of drug-likeness (QED) is 0.751. The van der Waals surface area contributed by atoms with Gasteiger partial charge in [-0.25, -0.2) is 4.68 Å². The average molecular weight is 428 g/mol. The van der Waals surface area contributed by atoms with E-state index in [0.29, 0.717) is 36.9 Å². The molecule has 1 heterocycles. The van der Waals surface area contributed by atoms with Crippen molar-refractivity contribution >= 4 is 23.3 Å². The number of hydrogen-bond acceptors (Lipinski definition) is 4. The Morgan fingerprint density at radius 1 is 1.23 bits per heavy atom. The van der Waals surface area contributed by atoms with Crippen LogP contribution in [0, 0.1) is 30.6 Å². The number of benzene rings is 1. The zero-order valence-electron chi connectivity index (χ0n) is 17.0. The van der Waals surface area contributed by atoms with Crippen LogP contribution in [-0.4, -0.2) is 20.9 Å². The van der Waals surface area contributed by atoms with Crippen LogP contribution in [0.5, 0.6) is 0 Å². The summed E-state index contributed by atoms with van der Waals surface area (Å²) >= 11 is 6.47. The number of carboxylic acid groups (broad SMARTS) is 1. The second-order valence-electron chi connectivity index (χ2n) is 9.46.